The van der Waals surface area contributed by atoms with E-state index in [9.17, 15) is 27.6 Å². The number of nitrogens with zero attached hydrogens (tertiary/aromatic N) is 1. The summed E-state index contributed by atoms with van der Waals surface area (Å²) in [7, 11) is 0. The van der Waals surface area contributed by atoms with Gasteiger partial charge in [-0.2, -0.15) is 13.2 Å². The van der Waals surface area contributed by atoms with Gasteiger partial charge in [-0.05, 0) is 43.3 Å². The first-order chi connectivity index (χ1) is 15.2. The topological polar surface area (TPSA) is 86.6 Å². The van der Waals surface area contributed by atoms with Crippen molar-refractivity contribution in [1.82, 2.24) is 4.57 Å². The number of rotatable bonds is 7. The average molecular weight is 448 g/mol. The third-order valence-electron chi connectivity index (χ3n) is 4.42. The second-order valence-electron chi connectivity index (χ2n) is 6.69. The molecule has 0 fully saturated rings. The summed E-state index contributed by atoms with van der Waals surface area (Å²) in [6, 6.07) is 10.5. The van der Waals surface area contributed by atoms with Crippen molar-refractivity contribution in [1.29, 1.82) is 0 Å². The largest absolute Gasteiger partial charge is 0.481 e. The third-order valence-corrected chi connectivity index (χ3v) is 4.42. The molecule has 168 valence electrons. The molecule has 0 bridgehead atoms. The molecule has 3 aromatic rings. The number of ether oxygens (including phenoxy) is 2. The van der Waals surface area contributed by atoms with E-state index in [2.05, 4.69) is 5.32 Å². The highest BCUT2D eigenvalue weighted by molar-refractivity contribution is 5.91. The zero-order valence-electron chi connectivity index (χ0n) is 16.9. The number of hydrogen-bond donors (Lipinski definition) is 1. The zero-order valence-corrected chi connectivity index (χ0v) is 16.9. The quantitative estimate of drug-likeness (QED) is 0.558. The number of nitrogens with one attached hydrogen (secondary N) is 1. The van der Waals surface area contributed by atoms with Crippen LogP contribution in [0, 0.1) is 0 Å². The maximum absolute atomic E-state index is 12.8. The predicted molar refractivity (Wildman–Crippen MR) is 110 cm³/mol. The van der Waals surface area contributed by atoms with Crippen LogP contribution in [0.4, 0.5) is 18.9 Å². The van der Waals surface area contributed by atoms with Gasteiger partial charge < -0.3 is 19.4 Å². The van der Waals surface area contributed by atoms with Crippen LogP contribution in [0.25, 0.3) is 10.8 Å². The lowest BCUT2D eigenvalue weighted by Crippen LogP contribution is -2.27. The van der Waals surface area contributed by atoms with Crippen molar-refractivity contribution in [2.75, 3.05) is 18.5 Å². The van der Waals surface area contributed by atoms with E-state index in [0.29, 0.717) is 11.1 Å². The van der Waals surface area contributed by atoms with E-state index in [1.807, 2.05) is 0 Å². The number of carbonyl (C=O) groups is 2. The minimum Gasteiger partial charge on any atom is -0.481 e. The molecule has 0 atom stereocenters. The van der Waals surface area contributed by atoms with Crippen molar-refractivity contribution in [3.8, 4) is 5.75 Å². The molecule has 0 aliphatic rings. The van der Waals surface area contributed by atoms with Crippen LogP contribution in [0.3, 0.4) is 0 Å². The third kappa shape index (κ3) is 5.45. The fraction of sp³-hybridized carbons (Fsp3) is 0.227. The van der Waals surface area contributed by atoms with E-state index in [1.165, 1.54) is 24.4 Å². The van der Waals surface area contributed by atoms with Crippen LogP contribution < -0.4 is 15.6 Å². The Kier molecular flexibility index (Phi) is 6.82. The van der Waals surface area contributed by atoms with Crippen LogP contribution in [0.1, 0.15) is 12.5 Å². The Morgan fingerprint density at radius 1 is 1.06 bits per heavy atom. The number of fused-ring (bicyclic) bond motifs is 1. The highest BCUT2D eigenvalue weighted by atomic mass is 19.4. The molecule has 1 N–H and O–H groups in total. The van der Waals surface area contributed by atoms with Crippen molar-refractivity contribution in [2.45, 2.75) is 19.6 Å². The first-order valence-corrected chi connectivity index (χ1v) is 9.56. The Bertz CT molecular complexity index is 1200. The molecule has 1 aromatic heterocycles. The monoisotopic (exact) mass is 448 g/mol. The van der Waals surface area contributed by atoms with Gasteiger partial charge >= 0.3 is 12.1 Å². The van der Waals surface area contributed by atoms with E-state index in [4.69, 9.17) is 9.47 Å². The van der Waals surface area contributed by atoms with Crippen LogP contribution in [-0.2, 0) is 27.0 Å². The van der Waals surface area contributed by atoms with Crippen LogP contribution in [0.5, 0.6) is 5.75 Å². The van der Waals surface area contributed by atoms with Gasteiger partial charge in [-0.3, -0.25) is 9.59 Å². The molecule has 0 saturated heterocycles. The van der Waals surface area contributed by atoms with E-state index >= 15 is 0 Å². The Morgan fingerprint density at radius 3 is 2.53 bits per heavy atom. The number of anilines is 1. The van der Waals surface area contributed by atoms with Crippen LogP contribution in [0.2, 0.25) is 0 Å². The number of halogens is 3. The first kappa shape index (κ1) is 22.9. The SMILES string of the molecule is CCOC(=O)COc1cccc2c(=O)n(CC(=O)Nc3cccc(C(F)(F)F)c3)ccc12. The number of esters is 1. The van der Waals surface area contributed by atoms with Crippen molar-refractivity contribution < 1.29 is 32.2 Å². The number of alkyl halides is 3. The fourth-order valence-electron chi connectivity index (χ4n) is 3.01. The molecule has 0 radical (unpaired) electrons. The summed E-state index contributed by atoms with van der Waals surface area (Å²) in [5.41, 5.74) is -1.43. The van der Waals surface area contributed by atoms with Crippen molar-refractivity contribution in [3.63, 3.8) is 0 Å². The zero-order chi connectivity index (χ0) is 23.3. The number of carbonyl (C=O) groups excluding carboxylic acids is 2. The normalized spacial score (nSPS) is 11.2. The van der Waals surface area contributed by atoms with Crippen molar-refractivity contribution in [2.24, 2.45) is 0 Å². The molecule has 0 aliphatic carbocycles. The Labute approximate surface area is 180 Å². The molecule has 0 spiro atoms. The minimum atomic E-state index is -4.54. The maximum atomic E-state index is 12.8. The summed E-state index contributed by atoms with van der Waals surface area (Å²) < 4.78 is 49.8. The molecule has 0 saturated carbocycles. The van der Waals surface area contributed by atoms with E-state index < -0.39 is 35.7 Å². The molecule has 3 rings (SSSR count). The molecule has 1 heterocycles. The van der Waals surface area contributed by atoms with Crippen LogP contribution >= 0.6 is 0 Å². The van der Waals surface area contributed by atoms with Crippen molar-refractivity contribution in [3.05, 3.63) is 70.6 Å². The summed E-state index contributed by atoms with van der Waals surface area (Å²) in [6.45, 7) is 1.15. The second-order valence-corrected chi connectivity index (χ2v) is 6.69. The second kappa shape index (κ2) is 9.54. The molecule has 1 amide bonds. The molecular weight excluding hydrogens is 429 g/mol. The van der Waals surface area contributed by atoms with Crippen LogP contribution in [-0.4, -0.2) is 29.7 Å². The van der Waals surface area contributed by atoms with Gasteiger partial charge in [0.2, 0.25) is 5.91 Å². The Morgan fingerprint density at radius 2 is 1.81 bits per heavy atom. The fourth-order valence-corrected chi connectivity index (χ4v) is 3.01. The van der Waals surface area contributed by atoms with E-state index in [0.717, 1.165) is 16.7 Å². The lowest BCUT2D eigenvalue weighted by atomic mass is 10.1. The Balaban J connectivity index is 1.77. The summed E-state index contributed by atoms with van der Waals surface area (Å²) in [5, 5.41) is 3.05. The number of hydrogen-bond acceptors (Lipinski definition) is 5. The standard InChI is InChI=1S/C22H19F3N2O5/c1-2-31-20(29)13-32-18-8-4-7-17-16(18)9-10-27(21(17)30)12-19(28)26-15-6-3-5-14(11-15)22(23,24)25/h3-11H,2,12-13H2,1H3,(H,26,28). The first-order valence-electron chi connectivity index (χ1n) is 9.56. The van der Waals surface area contributed by atoms with Gasteiger partial charge in [-0.15, -0.1) is 0 Å². The van der Waals surface area contributed by atoms with Gasteiger partial charge in [-0.25, -0.2) is 4.79 Å². The van der Waals surface area contributed by atoms with Gasteiger partial charge in [0.1, 0.15) is 12.3 Å². The van der Waals surface area contributed by atoms with Gasteiger partial charge in [0.05, 0.1) is 17.6 Å². The molecule has 0 aliphatic heterocycles. The van der Waals surface area contributed by atoms with Gasteiger partial charge in [0.25, 0.3) is 5.56 Å². The number of aromatic nitrogens is 1. The van der Waals surface area contributed by atoms with Gasteiger partial charge in [-0.1, -0.05) is 12.1 Å². The van der Waals surface area contributed by atoms with Crippen LogP contribution in [0.15, 0.2) is 59.5 Å². The average Bonchev–Trinajstić information content (AvgIpc) is 2.74. The van der Waals surface area contributed by atoms with Gasteiger partial charge in [0.15, 0.2) is 6.61 Å². The molecule has 32 heavy (non-hydrogen) atoms. The minimum absolute atomic E-state index is 0.0340. The lowest BCUT2D eigenvalue weighted by Gasteiger charge is -2.12. The van der Waals surface area contributed by atoms with Gasteiger partial charge in [0, 0.05) is 17.3 Å². The number of amides is 1. The molecule has 7 nitrogen and oxygen atoms in total. The lowest BCUT2D eigenvalue weighted by molar-refractivity contribution is -0.145. The van der Waals surface area contributed by atoms with E-state index in [-0.39, 0.29) is 24.3 Å². The summed E-state index contributed by atoms with van der Waals surface area (Å²) in [6.07, 6.45) is -3.17. The summed E-state index contributed by atoms with van der Waals surface area (Å²) >= 11 is 0. The predicted octanol–water partition coefficient (Wildman–Crippen LogP) is 3.60. The van der Waals surface area contributed by atoms with Crippen molar-refractivity contribution >= 4 is 28.3 Å². The summed E-state index contributed by atoms with van der Waals surface area (Å²) in [5.74, 6) is -0.919. The highest BCUT2D eigenvalue weighted by Crippen LogP contribution is 2.30. The molecule has 2 aromatic carbocycles. The van der Waals surface area contributed by atoms with E-state index in [1.54, 1.807) is 25.1 Å². The summed E-state index contributed by atoms with van der Waals surface area (Å²) in [4.78, 5) is 36.6. The molecular formula is C22H19F3N2O5. The highest BCUT2D eigenvalue weighted by Gasteiger charge is 2.30. The Hall–Kier alpha value is -3.82. The smallest absolute Gasteiger partial charge is 0.416 e. The molecule has 0 unspecified atom stereocenters. The maximum Gasteiger partial charge on any atom is 0.416 e. The number of benzene rings is 2. The number of pyridine rings is 1. The molecule has 10 heteroatoms.